The third kappa shape index (κ3) is 4.00. The number of carboxylic acids is 1. The molecular weight excluding hydrogens is 328 g/mol. The molecule has 0 aliphatic heterocycles. The molecule has 0 saturated heterocycles. The largest absolute Gasteiger partial charge is 0.481 e. The number of benzene rings is 1. The highest BCUT2D eigenvalue weighted by atomic mass is 16.6. The third-order valence-corrected chi connectivity index (χ3v) is 3.76. The van der Waals surface area contributed by atoms with Gasteiger partial charge in [-0.3, -0.25) is 24.4 Å². The number of rotatable bonds is 6. The molecule has 1 unspecified atom stereocenters. The molecule has 0 radical (unpaired) electrons. The molecule has 1 atom stereocenters. The molecule has 132 valence electrons. The smallest absolute Gasteiger partial charge is 0.322 e. The summed E-state index contributed by atoms with van der Waals surface area (Å²) in [5.41, 5.74) is 0.966. The van der Waals surface area contributed by atoms with Crippen molar-refractivity contribution in [2.75, 3.05) is 5.32 Å². The molecule has 0 fully saturated rings. The SMILES string of the molecule is Cc1nn(C)c(C(=O)Nc2ccc(CC(C)C(=O)O)cc2)c1[N+](=O)[O-]. The normalized spacial score (nSPS) is 11.8. The number of anilines is 1. The lowest BCUT2D eigenvalue weighted by molar-refractivity contribution is -0.385. The minimum absolute atomic E-state index is 0.133. The maximum Gasteiger partial charge on any atom is 0.322 e. The van der Waals surface area contributed by atoms with E-state index >= 15 is 0 Å². The number of nitro groups is 1. The number of carboxylic acid groups (broad SMARTS) is 1. The number of nitrogens with one attached hydrogen (secondary N) is 1. The number of hydrogen-bond donors (Lipinski definition) is 2. The Morgan fingerprint density at radius 2 is 1.96 bits per heavy atom. The van der Waals surface area contributed by atoms with Gasteiger partial charge in [-0.2, -0.15) is 5.10 Å². The summed E-state index contributed by atoms with van der Waals surface area (Å²) in [5.74, 6) is -2.03. The van der Waals surface area contributed by atoms with Crippen molar-refractivity contribution in [3.63, 3.8) is 0 Å². The van der Waals surface area contributed by atoms with E-state index in [2.05, 4.69) is 10.4 Å². The third-order valence-electron chi connectivity index (χ3n) is 3.76. The van der Waals surface area contributed by atoms with Crippen LogP contribution in [0.1, 0.15) is 28.7 Å². The Kier molecular flexibility index (Phi) is 5.16. The van der Waals surface area contributed by atoms with Gasteiger partial charge in [-0.25, -0.2) is 0 Å². The van der Waals surface area contributed by atoms with Gasteiger partial charge < -0.3 is 10.4 Å². The number of aliphatic carboxylic acids is 1. The van der Waals surface area contributed by atoms with Gasteiger partial charge >= 0.3 is 11.7 Å². The number of amides is 1. The lowest BCUT2D eigenvalue weighted by atomic mass is 10.0. The van der Waals surface area contributed by atoms with Crippen LogP contribution in [-0.4, -0.2) is 31.7 Å². The lowest BCUT2D eigenvalue weighted by Crippen LogP contribution is -2.17. The molecule has 0 spiro atoms. The van der Waals surface area contributed by atoms with E-state index < -0.39 is 22.7 Å². The van der Waals surface area contributed by atoms with E-state index in [0.717, 1.165) is 5.56 Å². The number of carbonyl (C=O) groups excluding carboxylic acids is 1. The van der Waals surface area contributed by atoms with E-state index in [0.29, 0.717) is 12.1 Å². The monoisotopic (exact) mass is 346 g/mol. The first-order valence-electron chi connectivity index (χ1n) is 7.51. The van der Waals surface area contributed by atoms with Crippen LogP contribution >= 0.6 is 0 Å². The molecule has 25 heavy (non-hydrogen) atoms. The Labute approximate surface area is 143 Å². The molecule has 0 aliphatic carbocycles. The van der Waals surface area contributed by atoms with Gasteiger partial charge in [0.1, 0.15) is 5.69 Å². The topological polar surface area (TPSA) is 127 Å². The van der Waals surface area contributed by atoms with Crippen LogP contribution in [0.25, 0.3) is 0 Å². The number of nitrogens with zero attached hydrogens (tertiary/aromatic N) is 3. The minimum Gasteiger partial charge on any atom is -0.481 e. The molecule has 2 N–H and O–H groups in total. The van der Waals surface area contributed by atoms with Crippen LogP contribution in [0.5, 0.6) is 0 Å². The molecule has 0 bridgehead atoms. The summed E-state index contributed by atoms with van der Waals surface area (Å²) in [7, 11) is 1.46. The van der Waals surface area contributed by atoms with Crippen LogP contribution in [0.2, 0.25) is 0 Å². The molecule has 1 amide bonds. The Morgan fingerprint density at radius 1 is 1.36 bits per heavy atom. The van der Waals surface area contributed by atoms with Crippen molar-refractivity contribution in [3.05, 3.63) is 51.3 Å². The summed E-state index contributed by atoms with van der Waals surface area (Å²) in [4.78, 5) is 33.8. The first-order valence-corrected chi connectivity index (χ1v) is 7.51. The van der Waals surface area contributed by atoms with Crippen LogP contribution in [0.4, 0.5) is 11.4 Å². The van der Waals surface area contributed by atoms with Crippen molar-refractivity contribution in [1.29, 1.82) is 0 Å². The molecule has 9 heteroatoms. The van der Waals surface area contributed by atoms with Gasteiger partial charge in [0.2, 0.25) is 5.69 Å². The van der Waals surface area contributed by atoms with E-state index in [1.54, 1.807) is 31.2 Å². The molecule has 1 aromatic heterocycles. The maximum atomic E-state index is 12.4. The van der Waals surface area contributed by atoms with Gasteiger partial charge in [0.15, 0.2) is 0 Å². The Hall–Kier alpha value is -3.23. The number of aryl methyl sites for hydroxylation is 2. The first kappa shape index (κ1) is 18.1. The van der Waals surface area contributed by atoms with E-state index in [1.807, 2.05) is 0 Å². The summed E-state index contributed by atoms with van der Waals surface area (Å²) in [6.07, 6.45) is 0.371. The maximum absolute atomic E-state index is 12.4. The summed E-state index contributed by atoms with van der Waals surface area (Å²) < 4.78 is 1.17. The predicted octanol–water partition coefficient (Wildman–Crippen LogP) is 2.15. The van der Waals surface area contributed by atoms with Gasteiger partial charge in [-0.15, -0.1) is 0 Å². The summed E-state index contributed by atoms with van der Waals surface area (Å²) in [6, 6.07) is 6.66. The number of hydrogen-bond acceptors (Lipinski definition) is 5. The van der Waals surface area contributed by atoms with Crippen LogP contribution in [0, 0.1) is 23.0 Å². The first-order chi connectivity index (χ1) is 11.7. The van der Waals surface area contributed by atoms with Crippen molar-refractivity contribution >= 4 is 23.3 Å². The molecule has 0 saturated carbocycles. The fourth-order valence-corrected chi connectivity index (χ4v) is 2.48. The van der Waals surface area contributed by atoms with Crippen LogP contribution in [0.3, 0.4) is 0 Å². The van der Waals surface area contributed by atoms with E-state index in [4.69, 9.17) is 5.11 Å². The second-order valence-corrected chi connectivity index (χ2v) is 5.76. The van der Waals surface area contributed by atoms with Crippen molar-refractivity contribution in [2.45, 2.75) is 20.3 Å². The molecule has 0 aliphatic rings. The van der Waals surface area contributed by atoms with Gasteiger partial charge in [-0.05, 0) is 31.0 Å². The molecule has 9 nitrogen and oxygen atoms in total. The van der Waals surface area contributed by atoms with Crippen LogP contribution in [-0.2, 0) is 18.3 Å². The molecule has 2 aromatic rings. The Morgan fingerprint density at radius 3 is 2.48 bits per heavy atom. The average molecular weight is 346 g/mol. The Balaban J connectivity index is 2.17. The van der Waals surface area contributed by atoms with Crippen molar-refractivity contribution in [2.24, 2.45) is 13.0 Å². The zero-order chi connectivity index (χ0) is 18.7. The van der Waals surface area contributed by atoms with E-state index in [9.17, 15) is 19.7 Å². The molecular formula is C16H18N4O5. The Bertz CT molecular complexity index is 826. The minimum atomic E-state index is -0.878. The number of aromatic nitrogens is 2. The molecule has 1 heterocycles. The van der Waals surface area contributed by atoms with E-state index in [1.165, 1.54) is 18.7 Å². The average Bonchev–Trinajstić information content (AvgIpc) is 2.83. The van der Waals surface area contributed by atoms with E-state index in [-0.39, 0.29) is 17.1 Å². The molecule has 1 aromatic carbocycles. The highest BCUT2D eigenvalue weighted by Gasteiger charge is 2.29. The van der Waals surface area contributed by atoms with Crippen LogP contribution in [0.15, 0.2) is 24.3 Å². The second kappa shape index (κ2) is 7.12. The zero-order valence-electron chi connectivity index (χ0n) is 14.0. The predicted molar refractivity (Wildman–Crippen MR) is 89.5 cm³/mol. The summed E-state index contributed by atoms with van der Waals surface area (Å²) in [6.45, 7) is 3.08. The van der Waals surface area contributed by atoms with Crippen molar-refractivity contribution in [1.82, 2.24) is 9.78 Å². The number of carbonyl (C=O) groups is 2. The molecule has 2 rings (SSSR count). The quantitative estimate of drug-likeness (QED) is 0.609. The van der Waals surface area contributed by atoms with Crippen LogP contribution < -0.4 is 5.32 Å². The second-order valence-electron chi connectivity index (χ2n) is 5.76. The van der Waals surface area contributed by atoms with Crippen molar-refractivity contribution in [3.8, 4) is 0 Å². The summed E-state index contributed by atoms with van der Waals surface area (Å²) in [5, 5.41) is 26.6. The fraction of sp³-hybridized carbons (Fsp3) is 0.312. The van der Waals surface area contributed by atoms with Gasteiger partial charge in [0, 0.05) is 12.7 Å². The van der Waals surface area contributed by atoms with Crippen molar-refractivity contribution < 1.29 is 19.6 Å². The van der Waals surface area contributed by atoms with Gasteiger partial charge in [0.05, 0.1) is 10.8 Å². The fourth-order valence-electron chi connectivity index (χ4n) is 2.48. The highest BCUT2D eigenvalue weighted by Crippen LogP contribution is 2.23. The standard InChI is InChI=1S/C16H18N4O5/c1-9(16(22)23)8-11-4-6-12(7-5-11)17-15(21)14-13(20(24)25)10(2)18-19(14)3/h4-7,9H,8H2,1-3H3,(H,17,21)(H,22,23). The van der Waals surface area contributed by atoms with Gasteiger partial charge in [-0.1, -0.05) is 19.1 Å². The van der Waals surface area contributed by atoms with Gasteiger partial charge in [0.25, 0.3) is 5.91 Å². The lowest BCUT2D eigenvalue weighted by Gasteiger charge is -2.08. The zero-order valence-corrected chi connectivity index (χ0v) is 14.0. The summed E-state index contributed by atoms with van der Waals surface area (Å²) >= 11 is 0. The highest BCUT2D eigenvalue weighted by molar-refractivity contribution is 6.06.